The number of methoxy groups -OCH3 is 1. The Morgan fingerprint density at radius 1 is 1.62 bits per heavy atom. The van der Waals surface area contributed by atoms with Crippen LogP contribution in [0.25, 0.3) is 0 Å². The topological polar surface area (TPSA) is 55.5 Å². The van der Waals surface area contributed by atoms with Gasteiger partial charge in [-0.05, 0) is 12.1 Å². The highest BCUT2D eigenvalue weighted by Gasteiger charge is 2.13. The molecule has 3 N–H and O–H groups in total. The second kappa shape index (κ2) is 4.60. The van der Waals surface area contributed by atoms with E-state index in [4.69, 9.17) is 15.6 Å². The fourth-order valence-electron chi connectivity index (χ4n) is 1.15. The van der Waals surface area contributed by atoms with Crippen LogP contribution in [0, 0.1) is 0 Å². The third kappa shape index (κ3) is 2.21. The fraction of sp³-hybridized carbons (Fsp3) is 0.333. The van der Waals surface area contributed by atoms with Crippen molar-refractivity contribution in [2.24, 2.45) is 5.73 Å². The van der Waals surface area contributed by atoms with Gasteiger partial charge in [0.15, 0.2) is 0 Å². The number of nitrogens with two attached hydrogens (primary N) is 1. The van der Waals surface area contributed by atoms with Crippen molar-refractivity contribution in [3.8, 4) is 5.75 Å². The molecule has 4 heteroatoms. The maximum atomic E-state index is 8.93. The zero-order valence-corrected chi connectivity index (χ0v) is 8.91. The molecule has 3 nitrogen and oxygen atoms in total. The van der Waals surface area contributed by atoms with Gasteiger partial charge in [-0.25, -0.2) is 0 Å². The molecule has 72 valence electrons. The van der Waals surface area contributed by atoms with Gasteiger partial charge in [-0.1, -0.05) is 22.0 Å². The second-order valence-corrected chi connectivity index (χ2v) is 3.50. The molecule has 0 saturated heterocycles. The average Bonchev–Trinajstić information content (AvgIpc) is 2.16. The normalized spacial score (nSPS) is 12.6. The van der Waals surface area contributed by atoms with E-state index >= 15 is 0 Å². The van der Waals surface area contributed by atoms with E-state index in [1.807, 2.05) is 18.2 Å². The van der Waals surface area contributed by atoms with Crippen LogP contribution in [0.3, 0.4) is 0 Å². The Balaban J connectivity index is 3.14. The van der Waals surface area contributed by atoms with Gasteiger partial charge in [0, 0.05) is 10.0 Å². The SMILES string of the molecule is COc1cccc(Br)c1C(N)CO. The third-order valence-electron chi connectivity index (χ3n) is 1.80. The second-order valence-electron chi connectivity index (χ2n) is 2.64. The van der Waals surface area contributed by atoms with Gasteiger partial charge < -0.3 is 15.6 Å². The molecule has 0 aliphatic carbocycles. The van der Waals surface area contributed by atoms with Crippen LogP contribution in [0.15, 0.2) is 22.7 Å². The van der Waals surface area contributed by atoms with Gasteiger partial charge >= 0.3 is 0 Å². The van der Waals surface area contributed by atoms with Crippen LogP contribution in [-0.2, 0) is 0 Å². The van der Waals surface area contributed by atoms with Gasteiger partial charge in [-0.2, -0.15) is 0 Å². The molecule has 0 fully saturated rings. The van der Waals surface area contributed by atoms with Gasteiger partial charge in [0.25, 0.3) is 0 Å². The average molecular weight is 246 g/mol. The summed E-state index contributed by atoms with van der Waals surface area (Å²) in [5.41, 5.74) is 6.51. The molecule has 0 radical (unpaired) electrons. The third-order valence-corrected chi connectivity index (χ3v) is 2.49. The summed E-state index contributed by atoms with van der Waals surface area (Å²) < 4.78 is 5.98. The molecule has 13 heavy (non-hydrogen) atoms. The minimum atomic E-state index is -0.412. The summed E-state index contributed by atoms with van der Waals surface area (Å²) in [5.74, 6) is 0.691. The first-order valence-corrected chi connectivity index (χ1v) is 4.68. The molecule has 1 rings (SSSR count). The Labute approximate surface area is 85.6 Å². The smallest absolute Gasteiger partial charge is 0.124 e. The molecule has 0 bridgehead atoms. The maximum absolute atomic E-state index is 8.93. The van der Waals surface area contributed by atoms with Crippen LogP contribution in [0.1, 0.15) is 11.6 Å². The summed E-state index contributed by atoms with van der Waals surface area (Å²) in [4.78, 5) is 0. The molecule has 0 spiro atoms. The molecule has 0 heterocycles. The summed E-state index contributed by atoms with van der Waals surface area (Å²) in [6, 6.07) is 5.13. The lowest BCUT2D eigenvalue weighted by molar-refractivity contribution is 0.264. The molecule has 0 amide bonds. The first kappa shape index (κ1) is 10.5. The number of ether oxygens (including phenoxy) is 1. The predicted molar refractivity (Wildman–Crippen MR) is 54.7 cm³/mol. The minimum Gasteiger partial charge on any atom is -0.496 e. The van der Waals surface area contributed by atoms with Crippen molar-refractivity contribution in [2.75, 3.05) is 13.7 Å². The largest absolute Gasteiger partial charge is 0.496 e. The lowest BCUT2D eigenvalue weighted by Gasteiger charge is -2.14. The van der Waals surface area contributed by atoms with E-state index in [-0.39, 0.29) is 6.61 Å². The lowest BCUT2D eigenvalue weighted by Crippen LogP contribution is -2.16. The maximum Gasteiger partial charge on any atom is 0.124 e. The number of rotatable bonds is 3. The quantitative estimate of drug-likeness (QED) is 0.848. The fourth-order valence-corrected chi connectivity index (χ4v) is 1.79. The first-order valence-electron chi connectivity index (χ1n) is 3.89. The molecule has 1 aromatic rings. The van der Waals surface area contributed by atoms with Crippen LogP contribution in [0.4, 0.5) is 0 Å². The highest BCUT2D eigenvalue weighted by molar-refractivity contribution is 9.10. The zero-order chi connectivity index (χ0) is 9.84. The molecular formula is C9H12BrNO2. The van der Waals surface area contributed by atoms with Crippen molar-refractivity contribution in [1.29, 1.82) is 0 Å². The molecule has 1 atom stereocenters. The Bertz CT molecular complexity index is 291. The van der Waals surface area contributed by atoms with E-state index < -0.39 is 6.04 Å². The van der Waals surface area contributed by atoms with E-state index in [1.54, 1.807) is 7.11 Å². The molecule has 1 aromatic carbocycles. The molecule has 0 aliphatic rings. The number of benzene rings is 1. The van der Waals surface area contributed by atoms with Crippen molar-refractivity contribution in [2.45, 2.75) is 6.04 Å². The zero-order valence-electron chi connectivity index (χ0n) is 7.33. The Morgan fingerprint density at radius 3 is 2.85 bits per heavy atom. The summed E-state index contributed by atoms with van der Waals surface area (Å²) >= 11 is 3.36. The number of hydrogen-bond acceptors (Lipinski definition) is 3. The van der Waals surface area contributed by atoms with Crippen LogP contribution in [0.2, 0.25) is 0 Å². The molecule has 0 aliphatic heterocycles. The highest BCUT2D eigenvalue weighted by atomic mass is 79.9. The van der Waals surface area contributed by atoms with E-state index in [1.165, 1.54) is 0 Å². The van der Waals surface area contributed by atoms with Crippen molar-refractivity contribution in [3.05, 3.63) is 28.2 Å². The molecule has 1 unspecified atom stereocenters. The Morgan fingerprint density at radius 2 is 2.31 bits per heavy atom. The summed E-state index contributed by atoms with van der Waals surface area (Å²) in [7, 11) is 1.58. The first-order chi connectivity index (χ1) is 6.20. The van der Waals surface area contributed by atoms with Gasteiger partial charge in [-0.15, -0.1) is 0 Å². The number of halogens is 1. The van der Waals surface area contributed by atoms with E-state index in [2.05, 4.69) is 15.9 Å². The number of aliphatic hydroxyl groups is 1. The number of aliphatic hydroxyl groups excluding tert-OH is 1. The lowest BCUT2D eigenvalue weighted by atomic mass is 10.1. The van der Waals surface area contributed by atoms with Crippen LogP contribution in [0.5, 0.6) is 5.75 Å². The number of hydrogen-bond donors (Lipinski definition) is 2. The van der Waals surface area contributed by atoms with Crippen molar-refractivity contribution in [3.63, 3.8) is 0 Å². The van der Waals surface area contributed by atoms with Crippen LogP contribution >= 0.6 is 15.9 Å². The van der Waals surface area contributed by atoms with Crippen molar-refractivity contribution < 1.29 is 9.84 Å². The van der Waals surface area contributed by atoms with Gasteiger partial charge in [-0.3, -0.25) is 0 Å². The summed E-state index contributed by atoms with van der Waals surface area (Å²) in [5, 5.41) is 8.93. The van der Waals surface area contributed by atoms with E-state index in [0.29, 0.717) is 5.75 Å². The molecule has 0 aromatic heterocycles. The summed E-state index contributed by atoms with van der Waals surface area (Å²) in [6.07, 6.45) is 0. The standard InChI is InChI=1S/C9H12BrNO2/c1-13-8-4-2-3-6(10)9(8)7(11)5-12/h2-4,7,12H,5,11H2,1H3. The predicted octanol–water partition coefficient (Wildman–Crippen LogP) is 1.45. The van der Waals surface area contributed by atoms with Crippen molar-refractivity contribution >= 4 is 15.9 Å². The Kier molecular flexibility index (Phi) is 3.71. The van der Waals surface area contributed by atoms with Crippen molar-refractivity contribution in [1.82, 2.24) is 0 Å². The van der Waals surface area contributed by atoms with Gasteiger partial charge in [0.05, 0.1) is 19.8 Å². The van der Waals surface area contributed by atoms with Gasteiger partial charge in [0.1, 0.15) is 5.75 Å². The van der Waals surface area contributed by atoms with E-state index in [9.17, 15) is 0 Å². The van der Waals surface area contributed by atoms with Gasteiger partial charge in [0.2, 0.25) is 0 Å². The molecular weight excluding hydrogens is 234 g/mol. The Hall–Kier alpha value is -0.580. The van der Waals surface area contributed by atoms with Crippen LogP contribution in [-0.4, -0.2) is 18.8 Å². The van der Waals surface area contributed by atoms with E-state index in [0.717, 1.165) is 10.0 Å². The van der Waals surface area contributed by atoms with Crippen LogP contribution < -0.4 is 10.5 Å². The molecule has 0 saturated carbocycles. The summed E-state index contributed by atoms with van der Waals surface area (Å²) in [6.45, 7) is -0.0982. The minimum absolute atomic E-state index is 0.0982. The monoisotopic (exact) mass is 245 g/mol. The highest BCUT2D eigenvalue weighted by Crippen LogP contribution is 2.30.